The van der Waals surface area contributed by atoms with Gasteiger partial charge in [-0.25, -0.2) is 0 Å². The molecule has 6 heteroatoms. The number of methoxy groups -OCH3 is 2. The fourth-order valence-electron chi connectivity index (χ4n) is 1.12. The van der Waals surface area contributed by atoms with E-state index in [1.165, 1.54) is 0 Å². The number of thioether (sulfide) groups is 1. The van der Waals surface area contributed by atoms with Gasteiger partial charge in [-0.2, -0.15) is 11.8 Å². The Bertz CT molecular complexity index is 193. The average molecular weight is 250 g/mol. The largest absolute Gasteiger partial charge is 0.382 e. The zero-order chi connectivity index (χ0) is 12.4. The summed E-state index contributed by atoms with van der Waals surface area (Å²) in [5.41, 5.74) is 5.71. The van der Waals surface area contributed by atoms with E-state index in [-0.39, 0.29) is 12.0 Å². The van der Waals surface area contributed by atoms with Crippen molar-refractivity contribution in [3.63, 3.8) is 0 Å². The molecule has 0 saturated carbocycles. The molecule has 16 heavy (non-hydrogen) atoms. The Morgan fingerprint density at radius 3 is 2.69 bits per heavy atom. The van der Waals surface area contributed by atoms with Gasteiger partial charge in [0, 0.05) is 20.8 Å². The van der Waals surface area contributed by atoms with Crippen LogP contribution in [0.4, 0.5) is 0 Å². The predicted octanol–water partition coefficient (Wildman–Crippen LogP) is -0.156. The summed E-state index contributed by atoms with van der Waals surface area (Å²) in [5, 5.41) is 2.75. The zero-order valence-electron chi connectivity index (χ0n) is 10.2. The first-order valence-corrected chi connectivity index (χ1v) is 6.59. The number of rotatable bonds is 9. The number of nitrogens with one attached hydrogen (secondary N) is 1. The predicted molar refractivity (Wildman–Crippen MR) is 66.7 cm³/mol. The molecule has 0 bridgehead atoms. The van der Waals surface area contributed by atoms with Gasteiger partial charge in [-0.1, -0.05) is 0 Å². The standard InChI is InChI=1S/C10H22N2O3S/c1-14-7-8(15-2)6-12-10(13)9(11)4-5-16-3/h8-9H,4-7,11H2,1-3H3,(H,12,13)/t8?,9-/m0/s1. The van der Waals surface area contributed by atoms with Crippen LogP contribution in [0, 0.1) is 0 Å². The van der Waals surface area contributed by atoms with Crippen molar-refractivity contribution in [3.05, 3.63) is 0 Å². The summed E-state index contributed by atoms with van der Waals surface area (Å²) in [4.78, 5) is 11.5. The lowest BCUT2D eigenvalue weighted by Crippen LogP contribution is -2.44. The first-order chi connectivity index (χ1) is 7.65. The van der Waals surface area contributed by atoms with E-state index in [0.717, 1.165) is 5.75 Å². The van der Waals surface area contributed by atoms with Crippen LogP contribution in [-0.4, -0.2) is 57.4 Å². The number of ether oxygens (including phenoxy) is 2. The second-order valence-electron chi connectivity index (χ2n) is 3.45. The van der Waals surface area contributed by atoms with Crippen LogP contribution in [0.5, 0.6) is 0 Å². The molecule has 0 aromatic heterocycles. The van der Waals surface area contributed by atoms with Crippen molar-refractivity contribution in [2.24, 2.45) is 5.73 Å². The molecule has 3 N–H and O–H groups in total. The molecular formula is C10H22N2O3S. The second-order valence-corrected chi connectivity index (χ2v) is 4.43. The van der Waals surface area contributed by atoms with Crippen LogP contribution in [0.1, 0.15) is 6.42 Å². The second kappa shape index (κ2) is 9.89. The van der Waals surface area contributed by atoms with E-state index in [1.807, 2.05) is 6.26 Å². The molecule has 0 saturated heterocycles. The number of hydrogen-bond acceptors (Lipinski definition) is 5. The molecule has 5 nitrogen and oxygen atoms in total. The third kappa shape index (κ3) is 7.05. The van der Waals surface area contributed by atoms with E-state index < -0.39 is 6.04 Å². The normalized spacial score (nSPS) is 14.5. The van der Waals surface area contributed by atoms with Gasteiger partial charge in [-0.05, 0) is 18.4 Å². The van der Waals surface area contributed by atoms with Crippen molar-refractivity contribution < 1.29 is 14.3 Å². The molecule has 1 unspecified atom stereocenters. The number of carbonyl (C=O) groups excluding carboxylic acids is 1. The summed E-state index contributed by atoms with van der Waals surface area (Å²) in [6, 6.07) is -0.437. The molecule has 0 aromatic carbocycles. The third-order valence-electron chi connectivity index (χ3n) is 2.16. The van der Waals surface area contributed by atoms with Gasteiger partial charge in [0.2, 0.25) is 5.91 Å². The van der Waals surface area contributed by atoms with Gasteiger partial charge in [0.1, 0.15) is 0 Å². The first-order valence-electron chi connectivity index (χ1n) is 5.19. The van der Waals surface area contributed by atoms with Gasteiger partial charge in [-0.15, -0.1) is 0 Å². The lowest BCUT2D eigenvalue weighted by molar-refractivity contribution is -0.123. The molecule has 1 amide bonds. The molecule has 0 aliphatic rings. The van der Waals surface area contributed by atoms with Crippen LogP contribution in [0.25, 0.3) is 0 Å². The summed E-state index contributed by atoms with van der Waals surface area (Å²) in [7, 11) is 3.18. The van der Waals surface area contributed by atoms with Gasteiger partial charge in [0.05, 0.1) is 18.8 Å². The Balaban J connectivity index is 3.76. The van der Waals surface area contributed by atoms with Crippen LogP contribution >= 0.6 is 11.8 Å². The van der Waals surface area contributed by atoms with Gasteiger partial charge < -0.3 is 20.5 Å². The number of hydrogen-bond donors (Lipinski definition) is 2. The van der Waals surface area contributed by atoms with Crippen molar-refractivity contribution >= 4 is 17.7 Å². The summed E-state index contributed by atoms with van der Waals surface area (Å²) >= 11 is 1.68. The fourth-order valence-corrected chi connectivity index (χ4v) is 1.61. The zero-order valence-corrected chi connectivity index (χ0v) is 11.0. The molecule has 0 aliphatic heterocycles. The van der Waals surface area contributed by atoms with Crippen molar-refractivity contribution in [2.45, 2.75) is 18.6 Å². The minimum absolute atomic E-state index is 0.123. The molecule has 0 radical (unpaired) electrons. The molecular weight excluding hydrogens is 228 g/mol. The minimum atomic E-state index is -0.437. The van der Waals surface area contributed by atoms with E-state index in [1.54, 1.807) is 26.0 Å². The van der Waals surface area contributed by atoms with Crippen LogP contribution in [0.15, 0.2) is 0 Å². The highest BCUT2D eigenvalue weighted by Crippen LogP contribution is 1.98. The molecule has 0 fully saturated rings. The molecule has 0 aromatic rings. The van der Waals surface area contributed by atoms with E-state index in [2.05, 4.69) is 5.32 Å². The van der Waals surface area contributed by atoms with Gasteiger partial charge in [0.25, 0.3) is 0 Å². The average Bonchev–Trinajstić information content (AvgIpc) is 2.30. The van der Waals surface area contributed by atoms with Gasteiger partial charge in [-0.3, -0.25) is 4.79 Å². The van der Waals surface area contributed by atoms with Crippen LogP contribution in [0.2, 0.25) is 0 Å². The fraction of sp³-hybridized carbons (Fsp3) is 0.900. The highest BCUT2D eigenvalue weighted by molar-refractivity contribution is 7.98. The molecule has 96 valence electrons. The first kappa shape index (κ1) is 15.7. The maximum Gasteiger partial charge on any atom is 0.237 e. The van der Waals surface area contributed by atoms with Gasteiger partial charge in [0.15, 0.2) is 0 Å². The Hall–Kier alpha value is -0.300. The Labute approximate surface area is 101 Å². The van der Waals surface area contributed by atoms with Crippen molar-refractivity contribution in [1.82, 2.24) is 5.32 Å². The van der Waals surface area contributed by atoms with E-state index in [4.69, 9.17) is 15.2 Å². The molecule has 2 atom stereocenters. The summed E-state index contributed by atoms with van der Waals surface area (Å²) in [6.07, 6.45) is 2.56. The smallest absolute Gasteiger partial charge is 0.237 e. The molecule has 0 spiro atoms. The number of nitrogens with two attached hydrogens (primary N) is 1. The van der Waals surface area contributed by atoms with Crippen LogP contribution < -0.4 is 11.1 Å². The molecule has 0 heterocycles. The molecule has 0 aliphatic carbocycles. The topological polar surface area (TPSA) is 73.6 Å². The lowest BCUT2D eigenvalue weighted by atomic mass is 10.2. The highest BCUT2D eigenvalue weighted by atomic mass is 32.2. The number of carbonyl (C=O) groups is 1. The Morgan fingerprint density at radius 1 is 1.50 bits per heavy atom. The summed E-state index contributed by atoms with van der Waals surface area (Å²) in [6.45, 7) is 0.882. The van der Waals surface area contributed by atoms with Gasteiger partial charge >= 0.3 is 0 Å². The molecule has 0 rings (SSSR count). The van der Waals surface area contributed by atoms with Crippen molar-refractivity contribution in [3.8, 4) is 0 Å². The SMILES string of the molecule is COCC(CNC(=O)[C@@H](N)CCSC)OC. The van der Waals surface area contributed by atoms with Crippen LogP contribution in [-0.2, 0) is 14.3 Å². The van der Waals surface area contributed by atoms with Crippen molar-refractivity contribution in [2.75, 3.05) is 39.4 Å². The van der Waals surface area contributed by atoms with E-state index >= 15 is 0 Å². The Morgan fingerprint density at radius 2 is 2.19 bits per heavy atom. The Kier molecular flexibility index (Phi) is 9.71. The maximum absolute atomic E-state index is 11.5. The highest BCUT2D eigenvalue weighted by Gasteiger charge is 2.14. The van der Waals surface area contributed by atoms with Crippen molar-refractivity contribution in [1.29, 1.82) is 0 Å². The van der Waals surface area contributed by atoms with E-state index in [9.17, 15) is 4.79 Å². The lowest BCUT2D eigenvalue weighted by Gasteiger charge is -2.17. The number of amides is 1. The van der Waals surface area contributed by atoms with E-state index in [0.29, 0.717) is 19.6 Å². The maximum atomic E-state index is 11.5. The third-order valence-corrected chi connectivity index (χ3v) is 2.80. The monoisotopic (exact) mass is 250 g/mol. The minimum Gasteiger partial charge on any atom is -0.382 e. The van der Waals surface area contributed by atoms with Crippen LogP contribution in [0.3, 0.4) is 0 Å². The summed E-state index contributed by atoms with van der Waals surface area (Å²) < 4.78 is 10.1. The summed E-state index contributed by atoms with van der Waals surface area (Å²) in [5.74, 6) is 0.757. The quantitative estimate of drug-likeness (QED) is 0.595.